The number of morpholine rings is 1. The van der Waals surface area contributed by atoms with E-state index in [0.717, 1.165) is 18.7 Å². The number of ether oxygens (including phenoxy) is 2. The molecule has 0 unspecified atom stereocenters. The summed E-state index contributed by atoms with van der Waals surface area (Å²) in [5, 5.41) is 11.2. The predicted octanol–water partition coefficient (Wildman–Crippen LogP) is 3.48. The second-order valence-electron chi connectivity index (χ2n) is 9.09. The van der Waals surface area contributed by atoms with Gasteiger partial charge in [-0.1, -0.05) is 44.2 Å². The van der Waals surface area contributed by atoms with Gasteiger partial charge >= 0.3 is 0 Å². The predicted molar refractivity (Wildman–Crippen MR) is 129 cm³/mol. The third-order valence-electron chi connectivity index (χ3n) is 6.13. The molecule has 1 atom stereocenters. The fraction of sp³-hybridized carbons (Fsp3) is 0.407. The van der Waals surface area contributed by atoms with Crippen LogP contribution in [0.4, 0.5) is 0 Å². The summed E-state index contributed by atoms with van der Waals surface area (Å²) < 4.78 is 11.1. The number of hydrogen-bond acceptors (Lipinski definition) is 6. The molecule has 0 saturated carbocycles. The van der Waals surface area contributed by atoms with Crippen LogP contribution >= 0.6 is 0 Å². The Labute approximate surface area is 200 Å². The van der Waals surface area contributed by atoms with Crippen molar-refractivity contribution in [3.63, 3.8) is 0 Å². The molecule has 0 radical (unpaired) electrons. The van der Waals surface area contributed by atoms with Gasteiger partial charge in [0.1, 0.15) is 11.5 Å². The Morgan fingerprint density at radius 1 is 1.03 bits per heavy atom. The molecule has 4 rings (SSSR count). The summed E-state index contributed by atoms with van der Waals surface area (Å²) >= 11 is 0. The molecule has 2 fully saturated rings. The summed E-state index contributed by atoms with van der Waals surface area (Å²) in [6.45, 7) is 8.69. The van der Waals surface area contributed by atoms with Gasteiger partial charge in [0.15, 0.2) is 0 Å². The Balaban J connectivity index is 1.64. The topological polar surface area (TPSA) is 79.3 Å². The molecule has 34 heavy (non-hydrogen) atoms. The van der Waals surface area contributed by atoms with Gasteiger partial charge < -0.3 is 19.5 Å². The van der Waals surface area contributed by atoms with Crippen molar-refractivity contribution in [1.82, 2.24) is 9.80 Å². The Kier molecular flexibility index (Phi) is 7.65. The Morgan fingerprint density at radius 2 is 1.71 bits per heavy atom. The normalized spacial score (nSPS) is 20.8. The van der Waals surface area contributed by atoms with Crippen LogP contribution in [-0.2, 0) is 14.3 Å². The monoisotopic (exact) mass is 464 g/mol. The highest BCUT2D eigenvalue weighted by Crippen LogP contribution is 2.39. The first-order valence-corrected chi connectivity index (χ1v) is 11.8. The van der Waals surface area contributed by atoms with Crippen molar-refractivity contribution < 1.29 is 24.2 Å². The number of carbonyl (C=O) groups excluding carboxylic acids is 2. The summed E-state index contributed by atoms with van der Waals surface area (Å²) in [6.07, 6.45) is 0. The molecular formula is C27H32N2O5. The lowest BCUT2D eigenvalue weighted by Gasteiger charge is -2.31. The minimum Gasteiger partial charge on any atom is -0.507 e. The Morgan fingerprint density at radius 3 is 2.35 bits per heavy atom. The van der Waals surface area contributed by atoms with E-state index in [2.05, 4.69) is 18.7 Å². The third-order valence-corrected chi connectivity index (χ3v) is 6.13. The van der Waals surface area contributed by atoms with Gasteiger partial charge in [-0.25, -0.2) is 0 Å². The molecule has 0 aromatic heterocycles. The molecule has 0 spiro atoms. The molecule has 2 aromatic rings. The molecule has 0 bridgehead atoms. The van der Waals surface area contributed by atoms with Crippen LogP contribution in [0.5, 0.6) is 5.75 Å². The van der Waals surface area contributed by atoms with Crippen LogP contribution in [0.15, 0.2) is 60.2 Å². The molecule has 2 heterocycles. The van der Waals surface area contributed by atoms with Crippen molar-refractivity contribution in [2.75, 3.05) is 46.0 Å². The fourth-order valence-corrected chi connectivity index (χ4v) is 4.29. The first-order valence-electron chi connectivity index (χ1n) is 11.8. The van der Waals surface area contributed by atoms with E-state index in [4.69, 9.17) is 9.47 Å². The maximum atomic E-state index is 13.1. The van der Waals surface area contributed by atoms with Crippen LogP contribution in [0.25, 0.3) is 5.76 Å². The number of Topliss-reactive ketones (excluding diaryl/α,β-unsaturated/α-hetero) is 1. The molecule has 180 valence electrons. The smallest absolute Gasteiger partial charge is 0.295 e. The van der Waals surface area contributed by atoms with Gasteiger partial charge in [0.05, 0.1) is 31.4 Å². The zero-order valence-corrected chi connectivity index (χ0v) is 19.8. The third kappa shape index (κ3) is 5.32. The van der Waals surface area contributed by atoms with Gasteiger partial charge in [0.2, 0.25) is 0 Å². The van der Waals surface area contributed by atoms with E-state index in [0.29, 0.717) is 50.1 Å². The fourth-order valence-electron chi connectivity index (χ4n) is 4.29. The first kappa shape index (κ1) is 24.0. The lowest BCUT2D eigenvalue weighted by molar-refractivity contribution is -0.140. The molecule has 1 N–H and O–H groups in total. The lowest BCUT2D eigenvalue weighted by Crippen LogP contribution is -2.42. The molecule has 2 saturated heterocycles. The molecule has 1 amide bonds. The number of nitrogens with zero attached hydrogens (tertiary/aromatic N) is 2. The van der Waals surface area contributed by atoms with E-state index >= 15 is 0 Å². The van der Waals surface area contributed by atoms with Crippen LogP contribution in [0, 0.1) is 5.92 Å². The van der Waals surface area contributed by atoms with Crippen LogP contribution < -0.4 is 4.74 Å². The van der Waals surface area contributed by atoms with Gasteiger partial charge in [0.25, 0.3) is 11.7 Å². The molecular weight excluding hydrogens is 432 g/mol. The number of hydrogen-bond donors (Lipinski definition) is 1. The van der Waals surface area contributed by atoms with Crippen LogP contribution in [0.3, 0.4) is 0 Å². The van der Waals surface area contributed by atoms with Crippen molar-refractivity contribution in [2.24, 2.45) is 5.92 Å². The van der Waals surface area contributed by atoms with Gasteiger partial charge in [-0.3, -0.25) is 14.5 Å². The summed E-state index contributed by atoms with van der Waals surface area (Å²) in [5.74, 6) is -0.325. The number of ketones is 1. The van der Waals surface area contributed by atoms with E-state index in [1.807, 2.05) is 30.3 Å². The molecule has 0 aliphatic carbocycles. The number of aliphatic hydroxyl groups is 1. The number of amides is 1. The number of rotatable bonds is 8. The molecule has 2 aliphatic heterocycles. The Hall–Kier alpha value is -3.16. The van der Waals surface area contributed by atoms with Crippen molar-refractivity contribution in [2.45, 2.75) is 19.9 Å². The summed E-state index contributed by atoms with van der Waals surface area (Å²) in [4.78, 5) is 30.0. The van der Waals surface area contributed by atoms with Crippen molar-refractivity contribution in [3.05, 3.63) is 71.3 Å². The summed E-state index contributed by atoms with van der Waals surface area (Å²) in [5.41, 5.74) is 1.39. The number of benzene rings is 2. The van der Waals surface area contributed by atoms with Crippen LogP contribution in [-0.4, -0.2) is 72.6 Å². The van der Waals surface area contributed by atoms with Gasteiger partial charge in [-0.2, -0.15) is 0 Å². The maximum absolute atomic E-state index is 13.1. The van der Waals surface area contributed by atoms with Gasteiger partial charge in [-0.05, 0) is 35.7 Å². The quantitative estimate of drug-likeness (QED) is 0.366. The minimum absolute atomic E-state index is 0.119. The van der Waals surface area contributed by atoms with Gasteiger partial charge in [0, 0.05) is 31.7 Å². The maximum Gasteiger partial charge on any atom is 0.295 e. The highest BCUT2D eigenvalue weighted by Gasteiger charge is 2.45. The SMILES string of the molecule is CC(C)COc1ccc(/C(O)=C2\C(=O)C(=O)N(CCN3CCOCC3)[C@@H]2c2ccccc2)cc1. The standard InChI is InChI=1S/C27H32N2O5/c1-19(2)18-34-22-10-8-21(9-11-22)25(30)23-24(20-6-4-3-5-7-20)29(27(32)26(23)31)13-12-28-14-16-33-17-15-28/h3-11,19,24,30H,12-18H2,1-2H3/b25-23+/t24-/m1/s1. The highest BCUT2D eigenvalue weighted by molar-refractivity contribution is 6.46. The molecule has 2 aromatic carbocycles. The second-order valence-corrected chi connectivity index (χ2v) is 9.09. The first-order chi connectivity index (χ1) is 16.5. The average Bonchev–Trinajstić information content (AvgIpc) is 3.12. The largest absolute Gasteiger partial charge is 0.507 e. The molecule has 7 heteroatoms. The molecule has 7 nitrogen and oxygen atoms in total. The minimum atomic E-state index is -0.659. The van der Waals surface area contributed by atoms with Gasteiger partial charge in [-0.15, -0.1) is 0 Å². The van der Waals surface area contributed by atoms with Crippen molar-refractivity contribution >= 4 is 17.4 Å². The van der Waals surface area contributed by atoms with E-state index in [9.17, 15) is 14.7 Å². The van der Waals surface area contributed by atoms with Crippen molar-refractivity contribution in [1.29, 1.82) is 0 Å². The number of likely N-dealkylation sites (tertiary alicyclic amines) is 1. The summed E-state index contributed by atoms with van der Waals surface area (Å²) in [7, 11) is 0. The van der Waals surface area contributed by atoms with E-state index < -0.39 is 17.7 Å². The summed E-state index contributed by atoms with van der Waals surface area (Å²) in [6, 6.07) is 15.7. The molecule has 2 aliphatic rings. The Bertz CT molecular complexity index is 1030. The number of aliphatic hydroxyl groups excluding tert-OH is 1. The van der Waals surface area contributed by atoms with Crippen molar-refractivity contribution in [3.8, 4) is 5.75 Å². The zero-order valence-electron chi connectivity index (χ0n) is 19.8. The second kappa shape index (κ2) is 10.8. The van der Waals surface area contributed by atoms with E-state index in [-0.39, 0.29) is 11.3 Å². The highest BCUT2D eigenvalue weighted by atomic mass is 16.5. The van der Waals surface area contributed by atoms with E-state index in [1.54, 1.807) is 29.2 Å². The lowest BCUT2D eigenvalue weighted by atomic mass is 9.95. The van der Waals surface area contributed by atoms with E-state index in [1.165, 1.54) is 0 Å². The number of carbonyl (C=O) groups is 2. The average molecular weight is 465 g/mol. The van der Waals surface area contributed by atoms with Crippen LogP contribution in [0.2, 0.25) is 0 Å². The van der Waals surface area contributed by atoms with Crippen LogP contribution in [0.1, 0.15) is 31.0 Å². The zero-order chi connectivity index (χ0) is 24.1.